The number of nitrogens with zero attached hydrogens (tertiary/aromatic N) is 6. The van der Waals surface area contributed by atoms with Gasteiger partial charge in [-0.2, -0.15) is 5.10 Å². The third-order valence-electron chi connectivity index (χ3n) is 6.64. The molecule has 3 aliphatic rings. The van der Waals surface area contributed by atoms with Gasteiger partial charge in [-0.3, -0.25) is 9.89 Å². The first kappa shape index (κ1) is 24.3. The lowest BCUT2D eigenvalue weighted by molar-refractivity contribution is 0.0240. The molecule has 0 radical (unpaired) electrons. The van der Waals surface area contributed by atoms with E-state index in [0.717, 1.165) is 37.4 Å². The number of hydrogen-bond donors (Lipinski definition) is 2. The normalized spacial score (nSPS) is 22.0. The number of fused-ring (bicyclic) bond motifs is 2. The van der Waals surface area contributed by atoms with Gasteiger partial charge in [0.05, 0.1) is 24.4 Å². The summed E-state index contributed by atoms with van der Waals surface area (Å²) in [6.07, 6.45) is 3.86. The number of piperazine rings is 1. The minimum absolute atomic E-state index is 0.223. The summed E-state index contributed by atoms with van der Waals surface area (Å²) in [6, 6.07) is 3.67. The second-order valence-electron chi connectivity index (χ2n) is 10.5. The fourth-order valence-electron chi connectivity index (χ4n) is 4.85. The maximum Gasteiger partial charge on any atom is 0.410 e. The van der Waals surface area contributed by atoms with Crippen molar-refractivity contribution in [3.8, 4) is 0 Å². The molecule has 0 spiro atoms. The minimum atomic E-state index is -0.532. The Balaban J connectivity index is 1.32. The molecule has 5 rings (SSSR count). The Morgan fingerprint density at radius 3 is 2.47 bits per heavy atom. The highest BCUT2D eigenvalue weighted by Gasteiger charge is 2.35. The first-order valence-corrected chi connectivity index (χ1v) is 12.5. The van der Waals surface area contributed by atoms with Gasteiger partial charge in [0.15, 0.2) is 5.82 Å². The summed E-state index contributed by atoms with van der Waals surface area (Å²) >= 11 is 0. The molecule has 194 valence electrons. The minimum Gasteiger partial charge on any atom is -0.444 e. The van der Waals surface area contributed by atoms with Crippen LogP contribution in [0.25, 0.3) is 0 Å². The molecule has 0 saturated carbocycles. The number of nitrogens with one attached hydrogen (secondary N) is 2. The lowest BCUT2D eigenvalue weighted by Gasteiger charge is -2.38. The van der Waals surface area contributed by atoms with E-state index in [1.807, 2.05) is 20.8 Å². The molecule has 0 aliphatic carbocycles. The first-order valence-electron chi connectivity index (χ1n) is 12.5. The van der Waals surface area contributed by atoms with Crippen LogP contribution in [0.5, 0.6) is 0 Å². The number of hydrogen-bond acceptors (Lipinski definition) is 9. The smallest absolute Gasteiger partial charge is 0.410 e. The number of rotatable bonds is 5. The number of carbonyl (C=O) groups is 2. The number of anilines is 2. The molecule has 2 unspecified atom stereocenters. The standard InChI is InChI=1S/C24H34N8O4/c1-24(2,3)36-23(34)31-10-8-30(9-11-31)20-12-21(32-14-16-4-5-17(15-32)35-16)29-28-19(20)13-25-22(33)18-6-7-26-27-18/h6-7,12,16-17H,4-5,8-11,13-15H2,1-3H3,(H,25,33)(H,26,27). The van der Waals surface area contributed by atoms with Crippen LogP contribution in [-0.4, -0.2) is 94.4 Å². The molecular formula is C24H34N8O4. The first-order chi connectivity index (χ1) is 17.2. The largest absolute Gasteiger partial charge is 0.444 e. The molecule has 2 atom stereocenters. The average molecular weight is 499 g/mol. The monoisotopic (exact) mass is 498 g/mol. The number of morpholine rings is 1. The third kappa shape index (κ3) is 5.53. The fourth-order valence-corrected chi connectivity index (χ4v) is 4.85. The highest BCUT2D eigenvalue weighted by atomic mass is 16.6. The van der Waals surface area contributed by atoms with Crippen LogP contribution in [0, 0.1) is 0 Å². The summed E-state index contributed by atoms with van der Waals surface area (Å²) in [5.41, 5.74) is 1.44. The summed E-state index contributed by atoms with van der Waals surface area (Å²) in [7, 11) is 0. The van der Waals surface area contributed by atoms with E-state index in [1.165, 1.54) is 6.20 Å². The average Bonchev–Trinajstić information content (AvgIpc) is 3.51. The summed E-state index contributed by atoms with van der Waals surface area (Å²) in [5.74, 6) is 0.548. The molecule has 12 heteroatoms. The third-order valence-corrected chi connectivity index (χ3v) is 6.64. The Labute approximate surface area is 210 Å². The van der Waals surface area contributed by atoms with Crippen LogP contribution in [-0.2, 0) is 16.0 Å². The van der Waals surface area contributed by atoms with E-state index in [0.29, 0.717) is 37.6 Å². The van der Waals surface area contributed by atoms with Gasteiger partial charge < -0.3 is 29.5 Å². The van der Waals surface area contributed by atoms with E-state index in [-0.39, 0.29) is 30.8 Å². The van der Waals surface area contributed by atoms with Crippen molar-refractivity contribution in [2.75, 3.05) is 49.1 Å². The van der Waals surface area contributed by atoms with Crippen molar-refractivity contribution >= 4 is 23.5 Å². The van der Waals surface area contributed by atoms with Crippen LogP contribution >= 0.6 is 0 Å². The van der Waals surface area contributed by atoms with Crippen LogP contribution in [0.1, 0.15) is 49.8 Å². The predicted molar refractivity (Wildman–Crippen MR) is 132 cm³/mol. The molecular weight excluding hydrogens is 464 g/mol. The van der Waals surface area contributed by atoms with Crippen LogP contribution in [0.15, 0.2) is 18.3 Å². The van der Waals surface area contributed by atoms with Gasteiger partial charge in [0, 0.05) is 51.5 Å². The van der Waals surface area contributed by atoms with Gasteiger partial charge in [-0.05, 0) is 39.7 Å². The van der Waals surface area contributed by atoms with Gasteiger partial charge in [-0.15, -0.1) is 10.2 Å². The van der Waals surface area contributed by atoms with E-state index in [9.17, 15) is 9.59 Å². The molecule has 36 heavy (non-hydrogen) atoms. The van der Waals surface area contributed by atoms with E-state index >= 15 is 0 Å². The Hall–Kier alpha value is -3.41. The summed E-state index contributed by atoms with van der Waals surface area (Å²) in [4.78, 5) is 31.2. The van der Waals surface area contributed by atoms with Crippen LogP contribution in [0.3, 0.4) is 0 Å². The molecule has 3 fully saturated rings. The Bertz CT molecular complexity index is 1070. The van der Waals surface area contributed by atoms with Crippen molar-refractivity contribution in [3.63, 3.8) is 0 Å². The number of ether oxygens (including phenoxy) is 2. The molecule has 5 heterocycles. The molecule has 2 aromatic rings. The van der Waals surface area contributed by atoms with Crippen molar-refractivity contribution in [2.24, 2.45) is 0 Å². The van der Waals surface area contributed by atoms with Gasteiger partial charge >= 0.3 is 6.09 Å². The maximum atomic E-state index is 12.5. The van der Waals surface area contributed by atoms with Crippen LogP contribution in [0.4, 0.5) is 16.3 Å². The van der Waals surface area contributed by atoms with E-state index in [2.05, 4.69) is 41.6 Å². The van der Waals surface area contributed by atoms with Gasteiger partial charge in [0.2, 0.25) is 0 Å². The Morgan fingerprint density at radius 2 is 1.83 bits per heavy atom. The quantitative estimate of drug-likeness (QED) is 0.631. The lowest BCUT2D eigenvalue weighted by atomic mass is 10.2. The van der Waals surface area contributed by atoms with Gasteiger partial charge in [0.25, 0.3) is 5.91 Å². The molecule has 12 nitrogen and oxygen atoms in total. The Morgan fingerprint density at radius 1 is 1.11 bits per heavy atom. The number of aromatic amines is 1. The Kier molecular flexibility index (Phi) is 6.69. The number of amides is 2. The summed E-state index contributed by atoms with van der Waals surface area (Å²) in [6.45, 7) is 9.75. The summed E-state index contributed by atoms with van der Waals surface area (Å²) in [5, 5.41) is 18.5. The van der Waals surface area contributed by atoms with Crippen molar-refractivity contribution in [2.45, 2.75) is 58.0 Å². The van der Waals surface area contributed by atoms with Gasteiger partial charge in [-0.1, -0.05) is 0 Å². The molecule has 2 N–H and O–H groups in total. The zero-order chi connectivity index (χ0) is 25.3. The number of H-pyrrole nitrogens is 1. The molecule has 3 saturated heterocycles. The van der Waals surface area contributed by atoms with Crippen molar-refractivity contribution in [3.05, 3.63) is 29.7 Å². The van der Waals surface area contributed by atoms with Gasteiger partial charge in [0.1, 0.15) is 17.0 Å². The lowest BCUT2D eigenvalue weighted by Crippen LogP contribution is -2.50. The van der Waals surface area contributed by atoms with Crippen molar-refractivity contribution in [1.82, 2.24) is 30.6 Å². The zero-order valence-electron chi connectivity index (χ0n) is 21.1. The topological polar surface area (TPSA) is 129 Å². The highest BCUT2D eigenvalue weighted by Crippen LogP contribution is 2.31. The van der Waals surface area contributed by atoms with Crippen molar-refractivity contribution < 1.29 is 19.1 Å². The van der Waals surface area contributed by atoms with E-state index < -0.39 is 5.60 Å². The molecule has 0 aromatic carbocycles. The highest BCUT2D eigenvalue weighted by molar-refractivity contribution is 5.92. The second kappa shape index (κ2) is 9.92. The van der Waals surface area contributed by atoms with Crippen LogP contribution in [0.2, 0.25) is 0 Å². The molecule has 2 aromatic heterocycles. The fraction of sp³-hybridized carbons (Fsp3) is 0.625. The van der Waals surface area contributed by atoms with E-state index in [4.69, 9.17) is 9.47 Å². The molecule has 3 aliphatic heterocycles. The second-order valence-corrected chi connectivity index (χ2v) is 10.5. The number of aromatic nitrogens is 4. The zero-order valence-corrected chi connectivity index (χ0v) is 21.1. The van der Waals surface area contributed by atoms with E-state index in [1.54, 1.807) is 11.0 Å². The van der Waals surface area contributed by atoms with Crippen molar-refractivity contribution in [1.29, 1.82) is 0 Å². The van der Waals surface area contributed by atoms with Gasteiger partial charge in [-0.25, -0.2) is 4.79 Å². The number of carbonyl (C=O) groups excluding carboxylic acids is 2. The maximum absolute atomic E-state index is 12.5. The van der Waals surface area contributed by atoms with Crippen LogP contribution < -0.4 is 15.1 Å². The summed E-state index contributed by atoms with van der Waals surface area (Å²) < 4.78 is 11.5. The molecule has 2 bridgehead atoms. The molecule has 2 amide bonds. The SMILES string of the molecule is CC(C)(C)OC(=O)N1CCN(c2cc(N3CC4CCC(C3)O4)nnc2CNC(=O)c2ccn[nH]2)CC1. The predicted octanol–water partition coefficient (Wildman–Crippen LogP) is 1.55.